The minimum absolute atomic E-state index is 0.727. The van der Waals surface area contributed by atoms with Crippen LogP contribution in [0.5, 0.6) is 0 Å². The first-order chi connectivity index (χ1) is 7.18. The summed E-state index contributed by atoms with van der Waals surface area (Å²) in [6.07, 6.45) is 12.0. The third-order valence-corrected chi connectivity index (χ3v) is 5.56. The zero-order valence-corrected chi connectivity index (χ0v) is 10.9. The molecule has 0 spiro atoms. The molecule has 2 rings (SSSR count). The van der Waals surface area contributed by atoms with Crippen LogP contribution in [0.4, 0.5) is 0 Å². The zero-order valence-electron chi connectivity index (χ0n) is 10.9. The van der Waals surface area contributed by atoms with E-state index in [1.54, 1.807) is 6.42 Å². The summed E-state index contributed by atoms with van der Waals surface area (Å²) >= 11 is 0. The van der Waals surface area contributed by atoms with Gasteiger partial charge in [0.2, 0.25) is 0 Å². The molecule has 0 aliphatic heterocycles. The van der Waals surface area contributed by atoms with Crippen molar-refractivity contribution >= 4 is 0 Å². The first kappa shape index (κ1) is 11.5. The summed E-state index contributed by atoms with van der Waals surface area (Å²) in [6, 6.07) is 0. The van der Waals surface area contributed by atoms with Crippen molar-refractivity contribution in [3.63, 3.8) is 0 Å². The molecule has 0 bridgehead atoms. The van der Waals surface area contributed by atoms with E-state index in [4.69, 9.17) is 0 Å². The molecule has 2 aliphatic carbocycles. The lowest BCUT2D eigenvalue weighted by atomic mass is 9.56. The molecule has 2 fully saturated rings. The minimum atomic E-state index is 0.727. The molecule has 0 heterocycles. The van der Waals surface area contributed by atoms with Gasteiger partial charge in [0.25, 0.3) is 0 Å². The predicted octanol–water partition coefficient (Wildman–Crippen LogP) is 5.03. The van der Waals surface area contributed by atoms with Gasteiger partial charge in [-0.3, -0.25) is 0 Å². The van der Waals surface area contributed by atoms with Crippen LogP contribution in [0.15, 0.2) is 0 Å². The fourth-order valence-corrected chi connectivity index (χ4v) is 4.20. The highest BCUT2D eigenvalue weighted by molar-refractivity contribution is 4.93. The summed E-state index contributed by atoms with van der Waals surface area (Å²) in [5.74, 6) is 3.17. The van der Waals surface area contributed by atoms with Crippen LogP contribution in [0.1, 0.15) is 72.1 Å². The lowest BCUT2D eigenvalue weighted by Gasteiger charge is -2.50. The van der Waals surface area contributed by atoms with Gasteiger partial charge in [0.15, 0.2) is 0 Å². The van der Waals surface area contributed by atoms with E-state index >= 15 is 0 Å². The second kappa shape index (κ2) is 4.47. The van der Waals surface area contributed by atoms with Gasteiger partial charge in [-0.1, -0.05) is 40.0 Å². The van der Waals surface area contributed by atoms with Crippen molar-refractivity contribution in [3.8, 4) is 0 Å². The summed E-state index contributed by atoms with van der Waals surface area (Å²) in [5.41, 5.74) is 0.727. The summed E-state index contributed by atoms with van der Waals surface area (Å²) in [4.78, 5) is 0. The number of hydrogen-bond acceptors (Lipinski definition) is 0. The molecule has 15 heavy (non-hydrogen) atoms. The SMILES string of the molecule is CCC1CCC2(C)CC(CC)CCC2C1. The van der Waals surface area contributed by atoms with E-state index in [1.807, 2.05) is 0 Å². The number of rotatable bonds is 2. The third-order valence-electron chi connectivity index (χ3n) is 5.56. The molecule has 0 aromatic heterocycles. The second-order valence-corrected chi connectivity index (χ2v) is 6.46. The van der Waals surface area contributed by atoms with Crippen molar-refractivity contribution in [2.45, 2.75) is 72.1 Å². The fraction of sp³-hybridized carbons (Fsp3) is 1.00. The molecule has 4 unspecified atom stereocenters. The molecule has 2 saturated carbocycles. The van der Waals surface area contributed by atoms with E-state index in [2.05, 4.69) is 20.8 Å². The second-order valence-electron chi connectivity index (χ2n) is 6.46. The number of hydrogen-bond donors (Lipinski definition) is 0. The largest absolute Gasteiger partial charge is 0.0651 e. The van der Waals surface area contributed by atoms with E-state index in [9.17, 15) is 0 Å². The van der Waals surface area contributed by atoms with Crippen molar-refractivity contribution in [1.82, 2.24) is 0 Å². The molecule has 0 saturated heterocycles. The first-order valence-corrected chi connectivity index (χ1v) is 7.18. The monoisotopic (exact) mass is 208 g/mol. The van der Waals surface area contributed by atoms with Gasteiger partial charge in [0, 0.05) is 0 Å². The molecular formula is C15H28. The van der Waals surface area contributed by atoms with Gasteiger partial charge in [0.05, 0.1) is 0 Å². The van der Waals surface area contributed by atoms with Gasteiger partial charge in [-0.05, 0) is 55.3 Å². The van der Waals surface area contributed by atoms with E-state index in [0.717, 1.165) is 23.2 Å². The molecule has 0 aromatic rings. The Morgan fingerprint density at radius 1 is 1.00 bits per heavy atom. The standard InChI is InChI=1S/C15H28/c1-4-12-8-9-15(3)11-13(5-2)6-7-14(15)10-12/h12-14H,4-11H2,1-3H3. The molecule has 0 nitrogen and oxygen atoms in total. The Kier molecular flexibility index (Phi) is 3.42. The summed E-state index contributed by atoms with van der Waals surface area (Å²) in [6.45, 7) is 7.35. The molecular weight excluding hydrogens is 180 g/mol. The Morgan fingerprint density at radius 3 is 2.40 bits per heavy atom. The highest BCUT2D eigenvalue weighted by atomic mass is 14.5. The van der Waals surface area contributed by atoms with Crippen LogP contribution < -0.4 is 0 Å². The van der Waals surface area contributed by atoms with Crippen LogP contribution in [0, 0.1) is 23.2 Å². The van der Waals surface area contributed by atoms with Crippen LogP contribution in [0.25, 0.3) is 0 Å². The van der Waals surface area contributed by atoms with Gasteiger partial charge in [-0.2, -0.15) is 0 Å². The Balaban J connectivity index is 2.00. The summed E-state index contributed by atoms with van der Waals surface area (Å²) < 4.78 is 0. The Morgan fingerprint density at radius 2 is 1.73 bits per heavy atom. The highest BCUT2D eigenvalue weighted by Gasteiger charge is 2.42. The van der Waals surface area contributed by atoms with E-state index in [0.29, 0.717) is 0 Å². The van der Waals surface area contributed by atoms with E-state index in [1.165, 1.54) is 44.9 Å². The van der Waals surface area contributed by atoms with Crippen molar-refractivity contribution < 1.29 is 0 Å². The maximum absolute atomic E-state index is 2.59. The van der Waals surface area contributed by atoms with Crippen molar-refractivity contribution in [2.24, 2.45) is 23.2 Å². The third kappa shape index (κ3) is 2.24. The lowest BCUT2D eigenvalue weighted by Crippen LogP contribution is -2.39. The van der Waals surface area contributed by atoms with Crippen molar-refractivity contribution in [3.05, 3.63) is 0 Å². The van der Waals surface area contributed by atoms with Crippen molar-refractivity contribution in [2.75, 3.05) is 0 Å². The van der Waals surface area contributed by atoms with Crippen LogP contribution in [-0.2, 0) is 0 Å². The lowest BCUT2D eigenvalue weighted by molar-refractivity contribution is 0.00984. The summed E-state index contributed by atoms with van der Waals surface area (Å²) in [7, 11) is 0. The average molecular weight is 208 g/mol. The molecule has 2 aliphatic rings. The van der Waals surface area contributed by atoms with Gasteiger partial charge < -0.3 is 0 Å². The first-order valence-electron chi connectivity index (χ1n) is 7.18. The van der Waals surface area contributed by atoms with Crippen LogP contribution in [-0.4, -0.2) is 0 Å². The zero-order chi connectivity index (χ0) is 10.9. The predicted molar refractivity (Wildman–Crippen MR) is 66.9 cm³/mol. The van der Waals surface area contributed by atoms with E-state index < -0.39 is 0 Å². The molecule has 4 atom stereocenters. The van der Waals surface area contributed by atoms with Gasteiger partial charge in [-0.25, -0.2) is 0 Å². The van der Waals surface area contributed by atoms with Gasteiger partial charge in [0.1, 0.15) is 0 Å². The Bertz CT molecular complexity index is 208. The fourth-order valence-electron chi connectivity index (χ4n) is 4.20. The molecule has 88 valence electrons. The Hall–Kier alpha value is 0. The number of fused-ring (bicyclic) bond motifs is 1. The van der Waals surface area contributed by atoms with Crippen LogP contribution >= 0.6 is 0 Å². The van der Waals surface area contributed by atoms with Crippen LogP contribution in [0.3, 0.4) is 0 Å². The molecule has 0 aromatic carbocycles. The average Bonchev–Trinajstić information content (AvgIpc) is 2.27. The molecule has 0 heteroatoms. The van der Waals surface area contributed by atoms with Gasteiger partial charge in [-0.15, -0.1) is 0 Å². The maximum Gasteiger partial charge on any atom is -0.0295 e. The molecule has 0 amide bonds. The van der Waals surface area contributed by atoms with Crippen LogP contribution in [0.2, 0.25) is 0 Å². The van der Waals surface area contributed by atoms with Crippen molar-refractivity contribution in [1.29, 1.82) is 0 Å². The summed E-state index contributed by atoms with van der Waals surface area (Å²) in [5, 5.41) is 0. The minimum Gasteiger partial charge on any atom is -0.0651 e. The smallest absolute Gasteiger partial charge is 0.0295 e. The Labute approximate surface area is 95.8 Å². The highest BCUT2D eigenvalue weighted by Crippen LogP contribution is 2.54. The maximum atomic E-state index is 2.59. The van der Waals surface area contributed by atoms with E-state index in [-0.39, 0.29) is 0 Å². The molecule has 0 radical (unpaired) electrons. The van der Waals surface area contributed by atoms with Gasteiger partial charge >= 0.3 is 0 Å². The normalized spacial score (nSPS) is 46.2. The topological polar surface area (TPSA) is 0 Å². The quantitative estimate of drug-likeness (QED) is 0.597. The molecule has 0 N–H and O–H groups in total.